The van der Waals surface area contributed by atoms with E-state index in [-0.39, 0.29) is 0 Å². The SMILES string of the molecule is CCC1(C(=O)O)CCN(Cc2ccncc2Cl)C1. The molecule has 1 aromatic rings. The zero-order valence-electron chi connectivity index (χ0n) is 10.4. The molecule has 1 saturated heterocycles. The van der Waals surface area contributed by atoms with Gasteiger partial charge in [-0.3, -0.25) is 14.7 Å². The molecule has 1 atom stereocenters. The van der Waals surface area contributed by atoms with Crippen LogP contribution in [0.3, 0.4) is 0 Å². The summed E-state index contributed by atoms with van der Waals surface area (Å²) in [6.07, 6.45) is 4.71. The lowest BCUT2D eigenvalue weighted by atomic mass is 9.84. The minimum atomic E-state index is -0.687. The number of hydrogen-bond donors (Lipinski definition) is 1. The second kappa shape index (κ2) is 5.24. The second-order valence-electron chi connectivity index (χ2n) is 4.87. The van der Waals surface area contributed by atoms with Crippen LogP contribution in [0.15, 0.2) is 18.5 Å². The molecule has 0 spiro atoms. The maximum Gasteiger partial charge on any atom is 0.310 e. The number of pyridine rings is 1. The minimum Gasteiger partial charge on any atom is -0.481 e. The number of nitrogens with zero attached hydrogens (tertiary/aromatic N) is 2. The molecule has 2 heterocycles. The average molecular weight is 269 g/mol. The summed E-state index contributed by atoms with van der Waals surface area (Å²) >= 11 is 6.06. The number of carbonyl (C=O) groups is 1. The van der Waals surface area contributed by atoms with E-state index in [4.69, 9.17) is 11.6 Å². The van der Waals surface area contributed by atoms with Crippen molar-refractivity contribution in [1.29, 1.82) is 0 Å². The molecular weight excluding hydrogens is 252 g/mol. The van der Waals surface area contributed by atoms with Crippen molar-refractivity contribution in [1.82, 2.24) is 9.88 Å². The molecule has 1 fully saturated rings. The van der Waals surface area contributed by atoms with Gasteiger partial charge in [0.15, 0.2) is 0 Å². The van der Waals surface area contributed by atoms with Crippen LogP contribution in [0.25, 0.3) is 0 Å². The van der Waals surface area contributed by atoms with Gasteiger partial charge >= 0.3 is 5.97 Å². The molecule has 18 heavy (non-hydrogen) atoms. The van der Waals surface area contributed by atoms with Crippen LogP contribution in [0.4, 0.5) is 0 Å². The molecule has 1 aliphatic heterocycles. The summed E-state index contributed by atoms with van der Waals surface area (Å²) in [5.74, 6) is -0.687. The zero-order valence-corrected chi connectivity index (χ0v) is 11.2. The zero-order chi connectivity index (χ0) is 13.2. The third kappa shape index (κ3) is 2.49. The number of aliphatic carboxylic acids is 1. The Morgan fingerprint density at radius 2 is 2.44 bits per heavy atom. The second-order valence-corrected chi connectivity index (χ2v) is 5.27. The fourth-order valence-electron chi connectivity index (χ4n) is 2.48. The van der Waals surface area contributed by atoms with Gasteiger partial charge in [0.1, 0.15) is 0 Å². The van der Waals surface area contributed by atoms with E-state index >= 15 is 0 Å². The van der Waals surface area contributed by atoms with Gasteiger partial charge in [-0.05, 0) is 31.0 Å². The van der Waals surface area contributed by atoms with Crippen LogP contribution in [0.1, 0.15) is 25.3 Å². The lowest BCUT2D eigenvalue weighted by Crippen LogP contribution is -2.33. The molecule has 0 saturated carbocycles. The van der Waals surface area contributed by atoms with Crippen molar-refractivity contribution in [3.8, 4) is 0 Å². The van der Waals surface area contributed by atoms with Crippen LogP contribution >= 0.6 is 11.6 Å². The van der Waals surface area contributed by atoms with Crippen molar-refractivity contribution in [2.45, 2.75) is 26.3 Å². The third-order valence-corrected chi connectivity index (χ3v) is 4.15. The summed E-state index contributed by atoms with van der Waals surface area (Å²) in [6, 6.07) is 1.88. The van der Waals surface area contributed by atoms with E-state index in [1.54, 1.807) is 12.4 Å². The molecule has 0 radical (unpaired) electrons. The van der Waals surface area contributed by atoms with E-state index in [1.165, 1.54) is 0 Å². The number of hydrogen-bond acceptors (Lipinski definition) is 3. The van der Waals surface area contributed by atoms with Crippen molar-refractivity contribution >= 4 is 17.6 Å². The Bertz CT molecular complexity index is 452. The number of carboxylic acids is 1. The lowest BCUT2D eigenvalue weighted by Gasteiger charge is -2.23. The van der Waals surface area contributed by atoms with Gasteiger partial charge in [0.25, 0.3) is 0 Å². The van der Waals surface area contributed by atoms with Gasteiger partial charge in [0.05, 0.1) is 10.4 Å². The molecule has 1 unspecified atom stereocenters. The highest BCUT2D eigenvalue weighted by molar-refractivity contribution is 6.31. The van der Waals surface area contributed by atoms with E-state index < -0.39 is 11.4 Å². The van der Waals surface area contributed by atoms with E-state index in [1.807, 2.05) is 13.0 Å². The summed E-state index contributed by atoms with van der Waals surface area (Å²) in [5.41, 5.74) is 0.420. The van der Waals surface area contributed by atoms with Gasteiger partial charge in [-0.2, -0.15) is 0 Å². The van der Waals surface area contributed by atoms with Crippen LogP contribution < -0.4 is 0 Å². The van der Waals surface area contributed by atoms with Crippen molar-refractivity contribution in [2.24, 2.45) is 5.41 Å². The first-order valence-corrected chi connectivity index (χ1v) is 6.49. The Kier molecular flexibility index (Phi) is 3.88. The summed E-state index contributed by atoms with van der Waals surface area (Å²) in [6.45, 7) is 4.03. The molecular formula is C13H17ClN2O2. The first kappa shape index (κ1) is 13.3. The number of carboxylic acid groups (broad SMARTS) is 1. The van der Waals surface area contributed by atoms with Crippen LogP contribution in [0.2, 0.25) is 5.02 Å². The third-order valence-electron chi connectivity index (χ3n) is 3.81. The first-order chi connectivity index (χ1) is 8.57. The summed E-state index contributed by atoms with van der Waals surface area (Å²) in [4.78, 5) is 17.5. The highest BCUT2D eigenvalue weighted by atomic mass is 35.5. The molecule has 0 aromatic carbocycles. The van der Waals surface area contributed by atoms with Gasteiger partial charge < -0.3 is 5.11 Å². The van der Waals surface area contributed by atoms with Crippen molar-refractivity contribution < 1.29 is 9.90 Å². The fraction of sp³-hybridized carbons (Fsp3) is 0.538. The first-order valence-electron chi connectivity index (χ1n) is 6.11. The summed E-state index contributed by atoms with van der Waals surface area (Å²) in [7, 11) is 0. The van der Waals surface area contributed by atoms with Gasteiger partial charge in [0.2, 0.25) is 0 Å². The van der Waals surface area contributed by atoms with Gasteiger partial charge in [-0.1, -0.05) is 18.5 Å². The largest absolute Gasteiger partial charge is 0.481 e. The van der Waals surface area contributed by atoms with Gasteiger partial charge in [-0.25, -0.2) is 0 Å². The molecule has 1 aliphatic rings. The normalized spacial score (nSPS) is 24.3. The maximum absolute atomic E-state index is 11.4. The Morgan fingerprint density at radius 3 is 3.00 bits per heavy atom. The number of aromatic nitrogens is 1. The molecule has 98 valence electrons. The molecule has 1 aromatic heterocycles. The Morgan fingerprint density at radius 1 is 1.67 bits per heavy atom. The molecule has 2 rings (SSSR count). The van der Waals surface area contributed by atoms with Crippen LogP contribution in [-0.2, 0) is 11.3 Å². The molecule has 4 nitrogen and oxygen atoms in total. The predicted molar refractivity (Wildman–Crippen MR) is 69.5 cm³/mol. The lowest BCUT2D eigenvalue weighted by molar-refractivity contribution is -0.148. The smallest absolute Gasteiger partial charge is 0.310 e. The van der Waals surface area contributed by atoms with Crippen molar-refractivity contribution in [2.75, 3.05) is 13.1 Å². The highest BCUT2D eigenvalue weighted by Gasteiger charge is 2.43. The van der Waals surface area contributed by atoms with E-state index in [2.05, 4.69) is 9.88 Å². The van der Waals surface area contributed by atoms with E-state index in [0.717, 1.165) is 12.1 Å². The Labute approximate surface area is 112 Å². The summed E-state index contributed by atoms with van der Waals surface area (Å²) in [5, 5.41) is 9.98. The topological polar surface area (TPSA) is 53.4 Å². The van der Waals surface area contributed by atoms with Crippen molar-refractivity contribution in [3.05, 3.63) is 29.0 Å². The fourth-order valence-corrected chi connectivity index (χ4v) is 2.66. The molecule has 0 aliphatic carbocycles. The van der Waals surface area contributed by atoms with Crippen molar-refractivity contribution in [3.63, 3.8) is 0 Å². The highest BCUT2D eigenvalue weighted by Crippen LogP contribution is 2.35. The van der Waals surface area contributed by atoms with E-state index in [9.17, 15) is 9.90 Å². The Hall–Kier alpha value is -1.13. The number of rotatable bonds is 4. The van der Waals surface area contributed by atoms with Gasteiger partial charge in [0, 0.05) is 25.5 Å². The maximum atomic E-state index is 11.4. The summed E-state index contributed by atoms with van der Waals surface area (Å²) < 4.78 is 0. The van der Waals surface area contributed by atoms with E-state index in [0.29, 0.717) is 31.0 Å². The molecule has 1 N–H and O–H groups in total. The van der Waals surface area contributed by atoms with Crippen LogP contribution in [0, 0.1) is 5.41 Å². The molecule has 5 heteroatoms. The molecule has 0 amide bonds. The number of likely N-dealkylation sites (tertiary alicyclic amines) is 1. The minimum absolute atomic E-state index is 0.584. The quantitative estimate of drug-likeness (QED) is 0.911. The average Bonchev–Trinajstić information content (AvgIpc) is 2.77. The van der Waals surface area contributed by atoms with Crippen LogP contribution in [-0.4, -0.2) is 34.0 Å². The molecule has 0 bridgehead atoms. The standard InChI is InChI=1S/C13H17ClN2O2/c1-2-13(12(17)18)4-6-16(9-13)8-10-3-5-15-7-11(10)14/h3,5,7H,2,4,6,8-9H2,1H3,(H,17,18). The van der Waals surface area contributed by atoms with Crippen LogP contribution in [0.5, 0.6) is 0 Å². The predicted octanol–water partition coefficient (Wildman–Crippen LogP) is 2.42. The number of halogens is 1. The monoisotopic (exact) mass is 268 g/mol. The Balaban J connectivity index is 2.06. The van der Waals surface area contributed by atoms with Gasteiger partial charge in [-0.15, -0.1) is 0 Å².